The van der Waals surface area contributed by atoms with Crippen LogP contribution >= 0.6 is 0 Å². The van der Waals surface area contributed by atoms with Crippen molar-refractivity contribution in [3.05, 3.63) is 17.5 Å². The van der Waals surface area contributed by atoms with Gasteiger partial charge in [0.25, 0.3) is 0 Å². The Morgan fingerprint density at radius 1 is 1.12 bits per heavy atom. The molecule has 0 amide bonds. The highest BCUT2D eigenvalue weighted by atomic mass is 16.3. The maximum Gasteiger partial charge on any atom is 0.225 e. The Bertz CT molecular complexity index is 625. The summed E-state index contributed by atoms with van der Waals surface area (Å²) in [7, 11) is 0. The Morgan fingerprint density at radius 2 is 1.88 bits per heavy atom. The molecule has 0 aliphatic carbocycles. The fraction of sp³-hybridized carbons (Fsp3) is 0.667. The van der Waals surface area contributed by atoms with Gasteiger partial charge in [0.15, 0.2) is 0 Å². The van der Waals surface area contributed by atoms with Gasteiger partial charge in [0.05, 0.1) is 17.8 Å². The average Bonchev–Trinajstić information content (AvgIpc) is 2.58. The second-order valence-electron chi connectivity index (χ2n) is 7.03. The summed E-state index contributed by atoms with van der Waals surface area (Å²) in [4.78, 5) is 9.36. The minimum Gasteiger partial charge on any atom is -0.389 e. The second kappa shape index (κ2) is 9.05. The van der Waals surface area contributed by atoms with Gasteiger partial charge in [-0.3, -0.25) is 0 Å². The fourth-order valence-corrected chi connectivity index (χ4v) is 2.67. The number of rotatable bonds is 10. The number of hydrazine groups is 1. The molecular weight excluding hydrogens is 330 g/mol. The average molecular weight is 364 g/mol. The van der Waals surface area contributed by atoms with E-state index in [0.29, 0.717) is 19.0 Å². The normalized spacial score (nSPS) is 13.9. The third-order valence-electron chi connectivity index (χ3n) is 3.83. The van der Waals surface area contributed by atoms with Crippen LogP contribution in [0, 0.1) is 0 Å². The summed E-state index contributed by atoms with van der Waals surface area (Å²) in [6, 6.07) is 0. The van der Waals surface area contributed by atoms with Crippen LogP contribution in [0.2, 0.25) is 0 Å². The van der Waals surface area contributed by atoms with Crippen LogP contribution in [-0.2, 0) is 6.54 Å². The Morgan fingerprint density at radius 3 is 2.50 bits per heavy atom. The SMILES string of the molecule is CCCNC1=CN(NCC)Cc2c(NCC(C)(C)O)nc(NCC)nc21. The van der Waals surface area contributed by atoms with Crippen molar-refractivity contribution in [3.63, 3.8) is 0 Å². The van der Waals surface area contributed by atoms with Crippen LogP contribution in [0.3, 0.4) is 0 Å². The van der Waals surface area contributed by atoms with Crippen LogP contribution in [0.5, 0.6) is 0 Å². The highest BCUT2D eigenvalue weighted by Gasteiger charge is 2.25. The molecule has 1 aliphatic heterocycles. The first-order valence-electron chi connectivity index (χ1n) is 9.45. The van der Waals surface area contributed by atoms with Crippen LogP contribution in [0.1, 0.15) is 52.3 Å². The van der Waals surface area contributed by atoms with Gasteiger partial charge in [-0.05, 0) is 27.2 Å². The van der Waals surface area contributed by atoms with E-state index in [0.717, 1.165) is 48.8 Å². The molecule has 1 aromatic heterocycles. The lowest BCUT2D eigenvalue weighted by Crippen LogP contribution is -2.38. The third kappa shape index (κ3) is 5.47. The van der Waals surface area contributed by atoms with Crippen molar-refractivity contribution < 1.29 is 5.11 Å². The molecule has 0 atom stereocenters. The number of anilines is 2. The van der Waals surface area contributed by atoms with E-state index in [-0.39, 0.29) is 0 Å². The standard InChI is InChI=1S/C18H33N7O/c1-6-9-20-14-11-25(22-8-3)10-13-15(14)23-17(19-7-2)24-16(13)21-12-18(4,5)26/h11,20,22,26H,6-10,12H2,1-5H3,(H2,19,21,23,24). The van der Waals surface area contributed by atoms with Gasteiger partial charge in [-0.1, -0.05) is 13.8 Å². The predicted molar refractivity (Wildman–Crippen MR) is 106 cm³/mol. The molecule has 1 aromatic rings. The first-order valence-corrected chi connectivity index (χ1v) is 9.45. The lowest BCUT2D eigenvalue weighted by Gasteiger charge is -2.30. The van der Waals surface area contributed by atoms with Gasteiger partial charge in [0.2, 0.25) is 5.95 Å². The number of fused-ring (bicyclic) bond motifs is 1. The van der Waals surface area contributed by atoms with Crippen molar-refractivity contribution in [1.29, 1.82) is 0 Å². The highest BCUT2D eigenvalue weighted by Crippen LogP contribution is 2.29. The van der Waals surface area contributed by atoms with Gasteiger partial charge in [-0.25, -0.2) is 10.4 Å². The highest BCUT2D eigenvalue weighted by molar-refractivity contribution is 5.70. The van der Waals surface area contributed by atoms with Crippen molar-refractivity contribution in [1.82, 2.24) is 25.7 Å². The van der Waals surface area contributed by atoms with E-state index in [1.54, 1.807) is 13.8 Å². The van der Waals surface area contributed by atoms with Gasteiger partial charge in [-0.2, -0.15) is 4.98 Å². The predicted octanol–water partition coefficient (Wildman–Crippen LogP) is 1.73. The summed E-state index contributed by atoms with van der Waals surface area (Å²) in [5, 5.41) is 22.1. The first-order chi connectivity index (χ1) is 12.4. The van der Waals surface area contributed by atoms with E-state index in [9.17, 15) is 5.11 Å². The zero-order valence-corrected chi connectivity index (χ0v) is 16.6. The van der Waals surface area contributed by atoms with E-state index >= 15 is 0 Å². The molecule has 8 heteroatoms. The molecular formula is C18H33N7O. The minimum atomic E-state index is -0.828. The van der Waals surface area contributed by atoms with Gasteiger partial charge in [-0.15, -0.1) is 0 Å². The summed E-state index contributed by atoms with van der Waals surface area (Å²) in [6.07, 6.45) is 3.09. The van der Waals surface area contributed by atoms with Crippen LogP contribution in [0.25, 0.3) is 5.70 Å². The van der Waals surface area contributed by atoms with Crippen molar-refractivity contribution in [3.8, 4) is 0 Å². The Kier molecular flexibility index (Phi) is 7.05. The van der Waals surface area contributed by atoms with E-state index < -0.39 is 5.60 Å². The molecule has 26 heavy (non-hydrogen) atoms. The minimum absolute atomic E-state index is 0.407. The largest absolute Gasteiger partial charge is 0.389 e. The van der Waals surface area contributed by atoms with Crippen LogP contribution in [0.4, 0.5) is 11.8 Å². The molecule has 0 bridgehead atoms. The summed E-state index contributed by atoms with van der Waals surface area (Å²) < 4.78 is 0. The monoisotopic (exact) mass is 363 g/mol. The molecule has 0 spiro atoms. The smallest absolute Gasteiger partial charge is 0.225 e. The van der Waals surface area contributed by atoms with Gasteiger partial charge >= 0.3 is 0 Å². The zero-order valence-electron chi connectivity index (χ0n) is 16.6. The first kappa shape index (κ1) is 20.3. The maximum absolute atomic E-state index is 10.1. The number of nitrogens with zero attached hydrogens (tertiary/aromatic N) is 3. The summed E-state index contributed by atoms with van der Waals surface area (Å²) in [6.45, 7) is 13.3. The molecule has 0 unspecified atom stereocenters. The second-order valence-corrected chi connectivity index (χ2v) is 7.03. The number of aliphatic hydroxyl groups is 1. The van der Waals surface area contributed by atoms with Crippen molar-refractivity contribution in [2.24, 2.45) is 0 Å². The molecule has 0 saturated carbocycles. The number of aromatic nitrogens is 2. The molecule has 2 heterocycles. The van der Waals surface area contributed by atoms with Gasteiger partial charge in [0, 0.05) is 37.9 Å². The van der Waals surface area contributed by atoms with Gasteiger partial charge < -0.3 is 26.1 Å². The molecule has 1 aliphatic rings. The van der Waals surface area contributed by atoms with Crippen molar-refractivity contribution in [2.75, 3.05) is 36.8 Å². The van der Waals surface area contributed by atoms with Crippen LogP contribution in [0.15, 0.2) is 6.20 Å². The van der Waals surface area contributed by atoms with E-state index in [4.69, 9.17) is 4.98 Å². The Hall–Kier alpha value is -2.06. The van der Waals surface area contributed by atoms with Crippen LogP contribution in [-0.4, -0.2) is 51.9 Å². The molecule has 2 rings (SSSR count). The Balaban J connectivity index is 2.43. The number of hydrogen-bond donors (Lipinski definition) is 5. The lowest BCUT2D eigenvalue weighted by molar-refractivity contribution is 0.0944. The molecule has 8 nitrogen and oxygen atoms in total. The maximum atomic E-state index is 10.1. The summed E-state index contributed by atoms with van der Waals surface area (Å²) >= 11 is 0. The molecule has 0 radical (unpaired) electrons. The Labute approximate surface area is 156 Å². The topological polar surface area (TPSA) is 97.4 Å². The van der Waals surface area contributed by atoms with E-state index in [1.165, 1.54) is 0 Å². The molecule has 5 N–H and O–H groups in total. The quantitative estimate of drug-likeness (QED) is 0.429. The van der Waals surface area contributed by atoms with Crippen LogP contribution < -0.4 is 21.4 Å². The van der Waals surface area contributed by atoms with Crippen molar-refractivity contribution >= 4 is 17.5 Å². The molecule has 146 valence electrons. The zero-order chi connectivity index (χ0) is 19.2. The van der Waals surface area contributed by atoms with E-state index in [1.807, 2.05) is 11.9 Å². The summed E-state index contributed by atoms with van der Waals surface area (Å²) in [5.41, 5.74) is 5.40. The summed E-state index contributed by atoms with van der Waals surface area (Å²) in [5.74, 6) is 1.34. The van der Waals surface area contributed by atoms with E-state index in [2.05, 4.69) is 46.4 Å². The lowest BCUT2D eigenvalue weighted by atomic mass is 10.1. The number of nitrogens with one attached hydrogen (secondary N) is 4. The van der Waals surface area contributed by atoms with Crippen molar-refractivity contribution in [2.45, 2.75) is 53.2 Å². The fourth-order valence-electron chi connectivity index (χ4n) is 2.67. The number of hydrogen-bond acceptors (Lipinski definition) is 8. The molecule has 0 saturated heterocycles. The van der Waals surface area contributed by atoms with Gasteiger partial charge in [0.1, 0.15) is 11.5 Å². The molecule has 0 aromatic carbocycles. The molecule has 0 fully saturated rings. The third-order valence-corrected chi connectivity index (χ3v) is 3.83.